The number of halogens is 2. The van der Waals surface area contributed by atoms with E-state index in [2.05, 4.69) is 27.4 Å². The summed E-state index contributed by atoms with van der Waals surface area (Å²) >= 11 is 8.36. The minimum atomic E-state index is -1.34. The number of aromatic nitrogens is 1. The zero-order valence-corrected chi connectivity index (χ0v) is 23.4. The Labute approximate surface area is 224 Å². The van der Waals surface area contributed by atoms with Crippen molar-refractivity contribution in [3.8, 4) is 5.75 Å². The number of hydrogen-bond donors (Lipinski definition) is 3. The number of carbonyl (C=O) groups is 1. The summed E-state index contributed by atoms with van der Waals surface area (Å²) in [5, 5.41) is 20.1. The Morgan fingerprint density at radius 2 is 1.86 bits per heavy atom. The van der Waals surface area contributed by atoms with Crippen LogP contribution >= 0.6 is 40.1 Å². The topological polar surface area (TPSA) is 104 Å². The molecule has 1 amide bonds. The van der Waals surface area contributed by atoms with Crippen LogP contribution in [-0.4, -0.2) is 52.7 Å². The third-order valence-electron chi connectivity index (χ3n) is 5.03. The van der Waals surface area contributed by atoms with Gasteiger partial charge >= 0.3 is 7.12 Å². The predicted molar refractivity (Wildman–Crippen MR) is 152 cm³/mol. The molecule has 0 saturated heterocycles. The number of hydrogen-bond acceptors (Lipinski definition) is 6. The molecule has 8 nitrogen and oxygen atoms in total. The first-order valence-corrected chi connectivity index (χ1v) is 14.9. The highest BCUT2D eigenvalue weighted by atomic mass is 127. The lowest BCUT2D eigenvalue weighted by Gasteiger charge is -2.19. The van der Waals surface area contributed by atoms with Gasteiger partial charge in [0.1, 0.15) is 23.0 Å². The second kappa shape index (κ2) is 14.6. The molecule has 12 heteroatoms. The second-order valence-electron chi connectivity index (χ2n) is 7.70. The number of pyridine rings is 1. The lowest BCUT2D eigenvalue weighted by molar-refractivity contribution is -0.119. The Morgan fingerprint density at radius 3 is 2.43 bits per heavy atom. The Hall–Kier alpha value is -1.95. The Kier molecular flexibility index (Phi) is 12.2. The lowest BCUT2D eigenvalue weighted by atomic mass is 9.81. The molecule has 3 aromatic rings. The number of nitrogens with one attached hydrogen (secondary N) is 1. The van der Waals surface area contributed by atoms with Gasteiger partial charge in [-0.15, -0.1) is 0 Å². The van der Waals surface area contributed by atoms with E-state index in [1.807, 2.05) is 30.3 Å². The molecule has 1 aromatic heterocycles. The van der Waals surface area contributed by atoms with Crippen LogP contribution in [-0.2, 0) is 11.3 Å². The summed E-state index contributed by atoms with van der Waals surface area (Å²) in [5.41, 5.74) is 1.26. The SMILES string of the molecule is C[C@@H](C(=O)Nc1ccc(Cl)n(Cc2cccc(OPI)c2)c1=O)N(C)C.OB(O)c1ccccc1. The quantitative estimate of drug-likeness (QED) is 0.153. The normalized spacial score (nSPS) is 11.7. The third kappa shape index (κ3) is 9.22. The van der Waals surface area contributed by atoms with Crippen molar-refractivity contribution >= 4 is 64.3 Å². The highest BCUT2D eigenvalue weighted by Gasteiger charge is 2.17. The molecule has 0 saturated carbocycles. The molecule has 0 bridgehead atoms. The van der Waals surface area contributed by atoms with E-state index in [1.165, 1.54) is 10.6 Å². The second-order valence-corrected chi connectivity index (χ2v) is 9.77. The summed E-state index contributed by atoms with van der Waals surface area (Å²) in [6, 6.07) is 18.9. The summed E-state index contributed by atoms with van der Waals surface area (Å²) in [7, 11) is 2.26. The molecule has 35 heavy (non-hydrogen) atoms. The fraction of sp³-hybridized carbons (Fsp3) is 0.217. The molecule has 0 fully saturated rings. The molecule has 0 aliphatic carbocycles. The number of likely N-dealkylation sites (N-methyl/N-ethyl adjacent to an activating group) is 1. The van der Waals surface area contributed by atoms with Gasteiger partial charge in [-0.3, -0.25) is 19.1 Å². The van der Waals surface area contributed by atoms with Gasteiger partial charge in [-0.2, -0.15) is 0 Å². The molecule has 186 valence electrons. The molecular weight excluding hydrogens is 602 g/mol. The van der Waals surface area contributed by atoms with Gasteiger partial charge in [-0.1, -0.05) is 54.1 Å². The van der Waals surface area contributed by atoms with E-state index < -0.39 is 7.12 Å². The van der Waals surface area contributed by atoms with Crippen molar-refractivity contribution in [1.29, 1.82) is 0 Å². The van der Waals surface area contributed by atoms with Crippen LogP contribution in [0.15, 0.2) is 71.5 Å². The van der Waals surface area contributed by atoms with Crippen molar-refractivity contribution in [2.75, 3.05) is 19.4 Å². The maximum Gasteiger partial charge on any atom is 0.488 e. The fourth-order valence-electron chi connectivity index (χ4n) is 2.83. The first-order valence-electron chi connectivity index (χ1n) is 10.5. The average Bonchev–Trinajstić information content (AvgIpc) is 2.84. The van der Waals surface area contributed by atoms with E-state index in [9.17, 15) is 9.59 Å². The van der Waals surface area contributed by atoms with Crippen LogP contribution in [0, 0.1) is 0 Å². The van der Waals surface area contributed by atoms with Gasteiger partial charge in [0.2, 0.25) is 5.91 Å². The van der Waals surface area contributed by atoms with Gasteiger partial charge in [0.15, 0.2) is 0 Å². The van der Waals surface area contributed by atoms with Crippen LogP contribution in [0.3, 0.4) is 0 Å². The molecule has 0 spiro atoms. The minimum absolute atomic E-state index is 0.203. The molecule has 1 heterocycles. The zero-order chi connectivity index (χ0) is 26.0. The van der Waals surface area contributed by atoms with E-state index in [-0.39, 0.29) is 29.7 Å². The highest BCUT2D eigenvalue weighted by molar-refractivity contribution is 14.2. The molecular formula is C23H27BClIN3O5P. The summed E-state index contributed by atoms with van der Waals surface area (Å²) in [5.74, 6) is 0.489. The van der Waals surface area contributed by atoms with Gasteiger partial charge < -0.3 is 19.9 Å². The summed E-state index contributed by atoms with van der Waals surface area (Å²) < 4.78 is 6.92. The molecule has 0 aliphatic rings. The summed E-state index contributed by atoms with van der Waals surface area (Å²) in [6.07, 6.45) is 0. The first kappa shape index (κ1) is 29.3. The summed E-state index contributed by atoms with van der Waals surface area (Å²) in [6.45, 7) is 2.36. The van der Waals surface area contributed by atoms with E-state index in [0.29, 0.717) is 17.1 Å². The maximum absolute atomic E-state index is 12.8. The first-order chi connectivity index (χ1) is 16.6. The molecule has 1 unspecified atom stereocenters. The number of amides is 1. The van der Waals surface area contributed by atoms with E-state index in [1.54, 1.807) is 56.3 Å². The Bertz CT molecular complexity index is 1170. The van der Waals surface area contributed by atoms with Gasteiger partial charge in [0.25, 0.3) is 5.56 Å². The van der Waals surface area contributed by atoms with Crippen molar-refractivity contribution in [2.45, 2.75) is 19.5 Å². The largest absolute Gasteiger partial charge is 0.488 e. The zero-order valence-electron chi connectivity index (χ0n) is 19.5. The molecule has 2 atom stereocenters. The predicted octanol–water partition coefficient (Wildman–Crippen LogP) is 3.13. The van der Waals surface area contributed by atoms with Crippen molar-refractivity contribution in [3.63, 3.8) is 0 Å². The standard InChI is InChI=1S/C17H20ClIN3O3P.C6H7BO2/c1-11(21(2)3)16(23)20-14-7-8-15(18)22(17(14)24)10-12-5-4-6-13(9-12)25-26-19;8-7(9)6-4-2-1-3-5-6/h4-9,11,26H,10H2,1-3H3,(H,20,23);1-5,8-9H/t11-;/m0./s1. The Balaban J connectivity index is 0.000000402. The van der Waals surface area contributed by atoms with Crippen molar-refractivity contribution < 1.29 is 19.4 Å². The van der Waals surface area contributed by atoms with Crippen molar-refractivity contribution in [3.05, 3.63) is 87.8 Å². The molecule has 3 N–H and O–H groups in total. The molecule has 3 rings (SSSR count). The van der Waals surface area contributed by atoms with Crippen LogP contribution in [0.1, 0.15) is 12.5 Å². The summed E-state index contributed by atoms with van der Waals surface area (Å²) in [4.78, 5) is 26.7. The van der Waals surface area contributed by atoms with E-state index >= 15 is 0 Å². The van der Waals surface area contributed by atoms with Crippen LogP contribution in [0.5, 0.6) is 5.75 Å². The van der Waals surface area contributed by atoms with Crippen molar-refractivity contribution in [2.24, 2.45) is 0 Å². The highest BCUT2D eigenvalue weighted by Crippen LogP contribution is 2.27. The maximum atomic E-state index is 12.8. The van der Waals surface area contributed by atoms with Gasteiger partial charge in [-0.05, 0) is 78.4 Å². The third-order valence-corrected chi connectivity index (χ3v) is 6.33. The minimum Gasteiger partial charge on any atom is -0.467 e. The van der Waals surface area contributed by atoms with Crippen LogP contribution in [0.2, 0.25) is 5.15 Å². The van der Waals surface area contributed by atoms with Crippen LogP contribution < -0.4 is 20.9 Å². The smallest absolute Gasteiger partial charge is 0.467 e. The molecule has 0 radical (unpaired) electrons. The Morgan fingerprint density at radius 1 is 1.17 bits per heavy atom. The van der Waals surface area contributed by atoms with Gasteiger partial charge in [0, 0.05) is 0 Å². The number of nitrogens with zero attached hydrogens (tertiary/aromatic N) is 2. The molecule has 0 aliphatic heterocycles. The number of rotatable bonds is 8. The molecule has 2 aromatic carbocycles. The van der Waals surface area contributed by atoms with Crippen molar-refractivity contribution in [1.82, 2.24) is 9.47 Å². The van der Waals surface area contributed by atoms with Crippen LogP contribution in [0.4, 0.5) is 5.69 Å². The van der Waals surface area contributed by atoms with Gasteiger partial charge in [-0.25, -0.2) is 0 Å². The number of anilines is 1. The van der Waals surface area contributed by atoms with E-state index in [0.717, 1.165) is 11.3 Å². The fourth-order valence-corrected chi connectivity index (χ4v) is 4.01. The van der Waals surface area contributed by atoms with Gasteiger partial charge in [0.05, 0.1) is 12.6 Å². The van der Waals surface area contributed by atoms with E-state index in [4.69, 9.17) is 26.2 Å². The van der Waals surface area contributed by atoms with Crippen LogP contribution in [0.25, 0.3) is 0 Å². The monoisotopic (exact) mass is 629 g/mol. The number of carbonyl (C=O) groups excluding carboxylic acids is 1. The lowest BCUT2D eigenvalue weighted by Crippen LogP contribution is -2.38. The average molecular weight is 630 g/mol. The number of benzene rings is 2.